The molecule has 0 aliphatic heterocycles. The van der Waals surface area contributed by atoms with E-state index >= 15 is 0 Å². The van der Waals surface area contributed by atoms with E-state index in [4.69, 9.17) is 5.73 Å². The standard InChI is InChI=1S/C19H16F2N4O/c20-13-5-12(6-14(21)7-13)10-25-18-9-16(24-11-17(18)19(22)26)8-15-3-1-2-4-23-15/h1-7,9,11H,8,10H2,(H2,22,26)(H,24,25). The average molecular weight is 354 g/mol. The van der Waals surface area contributed by atoms with Gasteiger partial charge in [0.15, 0.2) is 0 Å². The number of aromatic nitrogens is 2. The predicted molar refractivity (Wildman–Crippen MR) is 93.5 cm³/mol. The summed E-state index contributed by atoms with van der Waals surface area (Å²) in [5, 5.41) is 3.00. The summed E-state index contributed by atoms with van der Waals surface area (Å²) in [5.74, 6) is -1.97. The Balaban J connectivity index is 1.83. The van der Waals surface area contributed by atoms with Gasteiger partial charge in [0.1, 0.15) is 11.6 Å². The number of carbonyl (C=O) groups is 1. The van der Waals surface area contributed by atoms with Gasteiger partial charge in [-0.3, -0.25) is 14.8 Å². The first-order valence-corrected chi connectivity index (χ1v) is 7.89. The summed E-state index contributed by atoms with van der Waals surface area (Å²) in [6, 6.07) is 10.5. The average Bonchev–Trinajstić information content (AvgIpc) is 2.60. The van der Waals surface area contributed by atoms with Crippen molar-refractivity contribution in [2.24, 2.45) is 5.73 Å². The second-order valence-corrected chi connectivity index (χ2v) is 5.71. The van der Waals surface area contributed by atoms with Gasteiger partial charge in [-0.2, -0.15) is 0 Å². The molecule has 0 saturated heterocycles. The molecule has 0 aliphatic rings. The molecule has 7 heteroatoms. The summed E-state index contributed by atoms with van der Waals surface area (Å²) in [6.07, 6.45) is 3.54. The van der Waals surface area contributed by atoms with Crippen LogP contribution in [0.3, 0.4) is 0 Å². The zero-order valence-corrected chi connectivity index (χ0v) is 13.7. The highest BCUT2D eigenvalue weighted by molar-refractivity contribution is 5.98. The van der Waals surface area contributed by atoms with E-state index in [1.54, 1.807) is 12.3 Å². The number of halogens is 2. The van der Waals surface area contributed by atoms with Gasteiger partial charge >= 0.3 is 0 Å². The highest BCUT2D eigenvalue weighted by Gasteiger charge is 2.11. The van der Waals surface area contributed by atoms with Crippen LogP contribution in [0.4, 0.5) is 14.5 Å². The lowest BCUT2D eigenvalue weighted by atomic mass is 10.1. The van der Waals surface area contributed by atoms with Crippen LogP contribution in [0.1, 0.15) is 27.3 Å². The van der Waals surface area contributed by atoms with Gasteiger partial charge in [0.2, 0.25) is 0 Å². The SMILES string of the molecule is NC(=O)c1cnc(Cc2ccccn2)cc1NCc1cc(F)cc(F)c1. The molecular formula is C19H16F2N4O. The fourth-order valence-electron chi connectivity index (χ4n) is 2.54. The lowest BCUT2D eigenvalue weighted by Gasteiger charge is -2.12. The van der Waals surface area contributed by atoms with Crippen molar-refractivity contribution >= 4 is 11.6 Å². The number of benzene rings is 1. The minimum absolute atomic E-state index is 0.127. The zero-order chi connectivity index (χ0) is 18.5. The van der Waals surface area contributed by atoms with Crippen LogP contribution in [0.2, 0.25) is 0 Å². The highest BCUT2D eigenvalue weighted by Crippen LogP contribution is 2.19. The molecule has 0 atom stereocenters. The maximum Gasteiger partial charge on any atom is 0.252 e. The third-order valence-electron chi connectivity index (χ3n) is 3.72. The molecule has 3 rings (SSSR count). The van der Waals surface area contributed by atoms with Crippen LogP contribution in [0.5, 0.6) is 0 Å². The van der Waals surface area contributed by atoms with E-state index in [-0.39, 0.29) is 12.1 Å². The molecule has 0 aliphatic carbocycles. The number of anilines is 1. The number of primary amides is 1. The smallest absolute Gasteiger partial charge is 0.252 e. The van der Waals surface area contributed by atoms with Crippen molar-refractivity contribution in [3.8, 4) is 0 Å². The number of nitrogens with one attached hydrogen (secondary N) is 1. The van der Waals surface area contributed by atoms with E-state index in [0.717, 1.165) is 11.8 Å². The maximum absolute atomic E-state index is 13.3. The zero-order valence-electron chi connectivity index (χ0n) is 13.7. The molecule has 132 valence electrons. The molecule has 5 nitrogen and oxygen atoms in total. The van der Waals surface area contributed by atoms with Gasteiger partial charge in [-0.25, -0.2) is 8.78 Å². The lowest BCUT2D eigenvalue weighted by molar-refractivity contribution is 0.100. The topological polar surface area (TPSA) is 80.9 Å². The van der Waals surface area contributed by atoms with Gasteiger partial charge in [-0.15, -0.1) is 0 Å². The normalized spacial score (nSPS) is 10.5. The Bertz CT molecular complexity index is 912. The van der Waals surface area contributed by atoms with Crippen LogP contribution < -0.4 is 11.1 Å². The van der Waals surface area contributed by atoms with E-state index in [9.17, 15) is 13.6 Å². The molecule has 3 aromatic rings. The second kappa shape index (κ2) is 7.69. The van der Waals surface area contributed by atoms with Gasteiger partial charge in [-0.05, 0) is 35.9 Å². The largest absolute Gasteiger partial charge is 0.380 e. The van der Waals surface area contributed by atoms with Crippen molar-refractivity contribution in [1.29, 1.82) is 0 Å². The second-order valence-electron chi connectivity index (χ2n) is 5.71. The number of hydrogen-bond acceptors (Lipinski definition) is 4. The first-order valence-electron chi connectivity index (χ1n) is 7.89. The minimum Gasteiger partial charge on any atom is -0.380 e. The summed E-state index contributed by atoms with van der Waals surface area (Å²) >= 11 is 0. The molecule has 2 aromatic heterocycles. The summed E-state index contributed by atoms with van der Waals surface area (Å²) in [4.78, 5) is 20.1. The van der Waals surface area contributed by atoms with E-state index in [2.05, 4.69) is 15.3 Å². The van der Waals surface area contributed by atoms with Gasteiger partial charge in [-0.1, -0.05) is 6.07 Å². The molecule has 26 heavy (non-hydrogen) atoms. The van der Waals surface area contributed by atoms with Crippen LogP contribution in [0.25, 0.3) is 0 Å². The quantitative estimate of drug-likeness (QED) is 0.713. The lowest BCUT2D eigenvalue weighted by Crippen LogP contribution is -2.15. The molecule has 0 unspecified atom stereocenters. The molecule has 0 saturated carbocycles. The van der Waals surface area contributed by atoms with Gasteiger partial charge in [0, 0.05) is 42.8 Å². The van der Waals surface area contributed by atoms with Crippen molar-refractivity contribution in [1.82, 2.24) is 9.97 Å². The monoisotopic (exact) mass is 354 g/mol. The van der Waals surface area contributed by atoms with Gasteiger partial charge < -0.3 is 11.1 Å². The minimum atomic E-state index is -0.664. The number of hydrogen-bond donors (Lipinski definition) is 2. The summed E-state index contributed by atoms with van der Waals surface area (Å²) < 4.78 is 26.6. The molecule has 0 bridgehead atoms. The number of amides is 1. The number of nitrogens with zero attached hydrogens (tertiary/aromatic N) is 2. The van der Waals surface area contributed by atoms with E-state index < -0.39 is 17.5 Å². The van der Waals surface area contributed by atoms with Crippen molar-refractivity contribution in [2.45, 2.75) is 13.0 Å². The van der Waals surface area contributed by atoms with Crippen molar-refractivity contribution in [2.75, 3.05) is 5.32 Å². The Hall–Kier alpha value is -3.35. The van der Waals surface area contributed by atoms with Crippen molar-refractivity contribution in [3.63, 3.8) is 0 Å². The third-order valence-corrected chi connectivity index (χ3v) is 3.72. The predicted octanol–water partition coefficient (Wildman–Crippen LogP) is 3.06. The molecule has 0 radical (unpaired) electrons. The summed E-state index contributed by atoms with van der Waals surface area (Å²) in [6.45, 7) is 0.127. The highest BCUT2D eigenvalue weighted by atomic mass is 19.1. The Kier molecular flexibility index (Phi) is 5.17. The van der Waals surface area contributed by atoms with Crippen molar-refractivity contribution < 1.29 is 13.6 Å². The van der Waals surface area contributed by atoms with Crippen LogP contribution in [-0.2, 0) is 13.0 Å². The molecule has 0 spiro atoms. The first kappa shape index (κ1) is 17.5. The fraction of sp³-hybridized carbons (Fsp3) is 0.105. The molecular weight excluding hydrogens is 338 g/mol. The van der Waals surface area contributed by atoms with E-state index in [1.165, 1.54) is 18.3 Å². The third kappa shape index (κ3) is 4.38. The Morgan fingerprint density at radius 2 is 1.81 bits per heavy atom. The Morgan fingerprint density at radius 3 is 2.46 bits per heavy atom. The number of rotatable bonds is 6. The van der Waals surface area contributed by atoms with Crippen LogP contribution in [0, 0.1) is 11.6 Å². The Labute approximate surface area is 148 Å². The van der Waals surface area contributed by atoms with Gasteiger partial charge in [0.05, 0.1) is 11.3 Å². The van der Waals surface area contributed by atoms with E-state index in [1.807, 2.05) is 18.2 Å². The fourth-order valence-corrected chi connectivity index (χ4v) is 2.54. The van der Waals surface area contributed by atoms with Crippen LogP contribution >= 0.6 is 0 Å². The number of nitrogens with two attached hydrogens (primary N) is 1. The summed E-state index contributed by atoms with van der Waals surface area (Å²) in [7, 11) is 0. The molecule has 2 heterocycles. The van der Waals surface area contributed by atoms with E-state index in [0.29, 0.717) is 23.4 Å². The molecule has 1 aromatic carbocycles. The van der Waals surface area contributed by atoms with Crippen LogP contribution in [-0.4, -0.2) is 15.9 Å². The van der Waals surface area contributed by atoms with Gasteiger partial charge in [0.25, 0.3) is 5.91 Å². The maximum atomic E-state index is 13.3. The van der Waals surface area contributed by atoms with Crippen molar-refractivity contribution in [3.05, 3.63) is 89.0 Å². The summed E-state index contributed by atoms with van der Waals surface area (Å²) in [5.41, 5.74) is 7.94. The number of pyridine rings is 2. The van der Waals surface area contributed by atoms with Crippen LogP contribution in [0.15, 0.2) is 54.9 Å². The first-order chi connectivity index (χ1) is 12.5. The molecule has 1 amide bonds. The Morgan fingerprint density at radius 1 is 1.04 bits per heavy atom. The number of carbonyl (C=O) groups excluding carboxylic acids is 1. The molecule has 3 N–H and O–H groups in total. The molecule has 0 fully saturated rings.